The van der Waals surface area contributed by atoms with Gasteiger partial charge in [-0.2, -0.15) is 0 Å². The maximum absolute atomic E-state index is 14.8. The molecule has 0 aromatic heterocycles. The molecule has 0 spiro atoms. The number of rotatable bonds is 6. The van der Waals surface area contributed by atoms with Gasteiger partial charge in [-0.15, -0.1) is 0 Å². The summed E-state index contributed by atoms with van der Waals surface area (Å²) in [4.78, 5) is 12.4. The topological polar surface area (TPSA) is 35.5 Å². The van der Waals surface area contributed by atoms with Crippen LogP contribution in [0.4, 0.5) is 13.2 Å². The predicted molar refractivity (Wildman–Crippen MR) is 120 cm³/mol. The van der Waals surface area contributed by atoms with Crippen LogP contribution in [0.15, 0.2) is 84.9 Å². The Labute approximate surface area is 189 Å². The van der Waals surface area contributed by atoms with E-state index in [1.807, 2.05) is 0 Å². The van der Waals surface area contributed by atoms with Gasteiger partial charge in [0.1, 0.15) is 5.75 Å². The Morgan fingerprint density at radius 1 is 0.758 bits per heavy atom. The van der Waals surface area contributed by atoms with Crippen molar-refractivity contribution >= 4 is 5.97 Å². The SMILES string of the molecule is CCOc1ccc(OC(=O)c2ccc(-c3ccc(-c4ccccc4)c(F)c3F)cc2)cc1F. The molecule has 0 N–H and O–H groups in total. The lowest BCUT2D eigenvalue weighted by Gasteiger charge is -2.10. The second kappa shape index (κ2) is 9.61. The molecule has 4 aromatic rings. The highest BCUT2D eigenvalue weighted by atomic mass is 19.2. The van der Waals surface area contributed by atoms with Crippen LogP contribution >= 0.6 is 0 Å². The molecule has 0 aliphatic carbocycles. The molecular formula is C27H19F3O3. The summed E-state index contributed by atoms with van der Waals surface area (Å²) in [6, 6.07) is 21.4. The van der Waals surface area contributed by atoms with Crippen LogP contribution in [-0.4, -0.2) is 12.6 Å². The molecule has 0 unspecified atom stereocenters. The summed E-state index contributed by atoms with van der Waals surface area (Å²) in [6.07, 6.45) is 0. The minimum absolute atomic E-state index is 0.0228. The predicted octanol–water partition coefficient (Wildman–Crippen LogP) is 7.06. The van der Waals surface area contributed by atoms with Gasteiger partial charge >= 0.3 is 5.97 Å². The summed E-state index contributed by atoms with van der Waals surface area (Å²) in [6.45, 7) is 2.04. The van der Waals surface area contributed by atoms with Gasteiger partial charge in [-0.3, -0.25) is 0 Å². The second-order valence-corrected chi connectivity index (χ2v) is 7.15. The summed E-state index contributed by atoms with van der Waals surface area (Å²) in [5.74, 6) is -3.19. The van der Waals surface area contributed by atoms with Gasteiger partial charge in [0.15, 0.2) is 23.2 Å². The monoisotopic (exact) mass is 448 g/mol. The van der Waals surface area contributed by atoms with Crippen LogP contribution in [0.1, 0.15) is 17.3 Å². The summed E-state index contributed by atoms with van der Waals surface area (Å²) < 4.78 is 53.8. The zero-order chi connectivity index (χ0) is 23.4. The van der Waals surface area contributed by atoms with E-state index < -0.39 is 23.4 Å². The summed E-state index contributed by atoms with van der Waals surface area (Å²) in [7, 11) is 0. The third-order valence-electron chi connectivity index (χ3n) is 5.01. The van der Waals surface area contributed by atoms with E-state index in [2.05, 4.69) is 0 Å². The van der Waals surface area contributed by atoms with E-state index in [1.54, 1.807) is 37.3 Å². The molecule has 166 valence electrons. The van der Waals surface area contributed by atoms with E-state index in [1.165, 1.54) is 48.5 Å². The number of esters is 1. The lowest BCUT2D eigenvalue weighted by atomic mass is 9.98. The van der Waals surface area contributed by atoms with Gasteiger partial charge in [-0.25, -0.2) is 18.0 Å². The fourth-order valence-corrected chi connectivity index (χ4v) is 3.38. The molecule has 0 fully saturated rings. The van der Waals surface area contributed by atoms with Crippen molar-refractivity contribution in [3.63, 3.8) is 0 Å². The number of ether oxygens (including phenoxy) is 2. The zero-order valence-electron chi connectivity index (χ0n) is 17.6. The van der Waals surface area contributed by atoms with Crippen LogP contribution in [0.5, 0.6) is 11.5 Å². The number of hydrogen-bond acceptors (Lipinski definition) is 3. The van der Waals surface area contributed by atoms with Crippen molar-refractivity contribution in [2.45, 2.75) is 6.92 Å². The van der Waals surface area contributed by atoms with E-state index in [-0.39, 0.29) is 28.2 Å². The van der Waals surface area contributed by atoms with Crippen LogP contribution in [0.3, 0.4) is 0 Å². The van der Waals surface area contributed by atoms with Gasteiger partial charge in [-0.05, 0) is 42.3 Å². The van der Waals surface area contributed by atoms with Crippen LogP contribution < -0.4 is 9.47 Å². The Hall–Kier alpha value is -4.06. The number of carbonyl (C=O) groups excluding carboxylic acids is 1. The quantitative estimate of drug-likeness (QED) is 0.234. The molecule has 4 rings (SSSR count). The molecule has 0 aliphatic rings. The van der Waals surface area contributed by atoms with Crippen LogP contribution in [-0.2, 0) is 0 Å². The Balaban J connectivity index is 1.53. The average Bonchev–Trinajstić information content (AvgIpc) is 2.83. The number of benzene rings is 4. The van der Waals surface area contributed by atoms with E-state index >= 15 is 0 Å². The normalized spacial score (nSPS) is 10.7. The Kier molecular flexibility index (Phi) is 6.45. The van der Waals surface area contributed by atoms with E-state index in [0.29, 0.717) is 17.7 Å². The average molecular weight is 448 g/mol. The fraction of sp³-hybridized carbons (Fsp3) is 0.0741. The maximum atomic E-state index is 14.8. The van der Waals surface area contributed by atoms with Crippen molar-refractivity contribution < 1.29 is 27.4 Å². The van der Waals surface area contributed by atoms with E-state index in [0.717, 1.165) is 6.07 Å². The molecule has 0 radical (unpaired) electrons. The zero-order valence-corrected chi connectivity index (χ0v) is 17.6. The van der Waals surface area contributed by atoms with E-state index in [4.69, 9.17) is 9.47 Å². The van der Waals surface area contributed by atoms with Gasteiger partial charge in [0, 0.05) is 17.2 Å². The molecule has 33 heavy (non-hydrogen) atoms. The first kappa shape index (κ1) is 22.1. The van der Waals surface area contributed by atoms with Crippen molar-refractivity contribution in [1.82, 2.24) is 0 Å². The highest BCUT2D eigenvalue weighted by Gasteiger charge is 2.17. The molecule has 0 bridgehead atoms. The van der Waals surface area contributed by atoms with Gasteiger partial charge < -0.3 is 9.47 Å². The van der Waals surface area contributed by atoms with E-state index in [9.17, 15) is 18.0 Å². The largest absolute Gasteiger partial charge is 0.491 e. The second-order valence-electron chi connectivity index (χ2n) is 7.15. The third-order valence-corrected chi connectivity index (χ3v) is 5.01. The molecular weight excluding hydrogens is 429 g/mol. The van der Waals surface area contributed by atoms with Crippen molar-refractivity contribution in [3.8, 4) is 33.8 Å². The smallest absolute Gasteiger partial charge is 0.343 e. The number of hydrogen-bond donors (Lipinski definition) is 0. The van der Waals surface area contributed by atoms with Gasteiger partial charge in [0.2, 0.25) is 0 Å². The molecule has 6 heteroatoms. The molecule has 0 atom stereocenters. The first-order chi connectivity index (χ1) is 16.0. The van der Waals surface area contributed by atoms with Crippen LogP contribution in [0.2, 0.25) is 0 Å². The minimum atomic E-state index is -0.975. The molecule has 0 aliphatic heterocycles. The molecule has 0 saturated heterocycles. The standard InChI is InChI=1S/C27H19F3O3/c1-2-32-24-15-12-20(16-23(24)28)33-27(31)19-10-8-18(9-11-19)22-14-13-21(25(29)26(22)30)17-6-4-3-5-7-17/h3-16H,2H2,1H3. The van der Waals surface area contributed by atoms with Gasteiger partial charge in [-0.1, -0.05) is 54.6 Å². The maximum Gasteiger partial charge on any atom is 0.343 e. The van der Waals surface area contributed by atoms with Crippen molar-refractivity contribution in [2.24, 2.45) is 0 Å². The Morgan fingerprint density at radius 2 is 1.36 bits per heavy atom. The first-order valence-electron chi connectivity index (χ1n) is 10.3. The third kappa shape index (κ3) is 4.75. The first-order valence-corrected chi connectivity index (χ1v) is 10.3. The molecule has 0 saturated carbocycles. The highest BCUT2D eigenvalue weighted by Crippen LogP contribution is 2.31. The van der Waals surface area contributed by atoms with Gasteiger partial charge in [0.25, 0.3) is 0 Å². The Bertz CT molecular complexity index is 1290. The minimum Gasteiger partial charge on any atom is -0.491 e. The fourth-order valence-electron chi connectivity index (χ4n) is 3.38. The van der Waals surface area contributed by atoms with Crippen molar-refractivity contribution in [2.75, 3.05) is 6.61 Å². The van der Waals surface area contributed by atoms with Crippen LogP contribution in [0.25, 0.3) is 22.3 Å². The lowest BCUT2D eigenvalue weighted by Crippen LogP contribution is -2.08. The van der Waals surface area contributed by atoms with Crippen molar-refractivity contribution in [1.29, 1.82) is 0 Å². The van der Waals surface area contributed by atoms with Crippen molar-refractivity contribution in [3.05, 3.63) is 108 Å². The van der Waals surface area contributed by atoms with Crippen LogP contribution in [0, 0.1) is 17.5 Å². The molecule has 0 amide bonds. The number of carbonyl (C=O) groups is 1. The summed E-state index contributed by atoms with van der Waals surface area (Å²) in [5, 5.41) is 0. The van der Waals surface area contributed by atoms with Gasteiger partial charge in [0.05, 0.1) is 12.2 Å². The summed E-state index contributed by atoms with van der Waals surface area (Å²) in [5.41, 5.74) is 1.38. The Morgan fingerprint density at radius 3 is 1.94 bits per heavy atom. The highest BCUT2D eigenvalue weighted by molar-refractivity contribution is 5.91. The molecule has 3 nitrogen and oxygen atoms in total. The lowest BCUT2D eigenvalue weighted by molar-refractivity contribution is 0.0734. The number of halogens is 3. The summed E-state index contributed by atoms with van der Waals surface area (Å²) >= 11 is 0. The molecule has 4 aromatic carbocycles. The molecule has 0 heterocycles.